The molecule has 0 atom stereocenters. The topological polar surface area (TPSA) is 102 Å². The van der Waals surface area contributed by atoms with Crippen LogP contribution in [0.1, 0.15) is 55.3 Å². The van der Waals surface area contributed by atoms with E-state index in [1.54, 1.807) is 17.4 Å². The maximum Gasteiger partial charge on any atom is 0.306 e. The molecule has 3 aliphatic rings. The molecule has 0 radical (unpaired) electrons. The highest BCUT2D eigenvalue weighted by Gasteiger charge is 2.29. The van der Waals surface area contributed by atoms with E-state index in [1.807, 2.05) is 4.90 Å². The Hall–Kier alpha value is -2.25. The van der Waals surface area contributed by atoms with E-state index in [-0.39, 0.29) is 11.8 Å². The van der Waals surface area contributed by atoms with Crippen molar-refractivity contribution in [3.8, 4) is 10.6 Å². The summed E-state index contributed by atoms with van der Waals surface area (Å²) in [6, 6.07) is 4.42. The van der Waals surface area contributed by atoms with Crippen LogP contribution in [0.5, 0.6) is 0 Å². The van der Waals surface area contributed by atoms with Gasteiger partial charge < -0.3 is 14.9 Å². The summed E-state index contributed by atoms with van der Waals surface area (Å²) in [5.74, 6) is -0.842. The third-order valence-electron chi connectivity index (χ3n) is 8.55. The van der Waals surface area contributed by atoms with Gasteiger partial charge in [-0.3, -0.25) is 19.8 Å². The molecule has 224 valence electrons. The molecule has 2 aliphatic heterocycles. The van der Waals surface area contributed by atoms with E-state index in [1.165, 1.54) is 49.6 Å². The van der Waals surface area contributed by atoms with Crippen molar-refractivity contribution in [3.05, 3.63) is 38.8 Å². The number of hydrogen-bond acceptors (Lipinski definition) is 9. The van der Waals surface area contributed by atoms with Crippen molar-refractivity contribution in [1.29, 1.82) is 0 Å². The summed E-state index contributed by atoms with van der Waals surface area (Å²) in [7, 11) is 0. The zero-order valence-electron chi connectivity index (χ0n) is 23.2. The third-order valence-corrected chi connectivity index (χ3v) is 11.6. The van der Waals surface area contributed by atoms with E-state index in [4.69, 9.17) is 16.6 Å². The number of nitrogens with zero attached hydrogens (tertiary/aromatic N) is 5. The summed E-state index contributed by atoms with van der Waals surface area (Å²) in [4.78, 5) is 42.1. The first-order valence-corrected chi connectivity index (χ1v) is 17.4. The van der Waals surface area contributed by atoms with Crippen LogP contribution in [-0.2, 0) is 4.79 Å². The molecule has 0 spiro atoms. The Bertz CT molecular complexity index is 1430. The first-order valence-electron chi connectivity index (χ1n) is 14.5. The Kier molecular flexibility index (Phi) is 9.35. The molecule has 3 aromatic heterocycles. The van der Waals surface area contributed by atoms with Crippen molar-refractivity contribution in [2.75, 3.05) is 54.4 Å². The van der Waals surface area contributed by atoms with E-state index in [0.717, 1.165) is 46.2 Å². The van der Waals surface area contributed by atoms with Crippen LogP contribution in [0.4, 0.5) is 16.0 Å². The Morgan fingerprint density at radius 3 is 2.38 bits per heavy atom. The van der Waals surface area contributed by atoms with Crippen molar-refractivity contribution >= 4 is 78.0 Å². The highest BCUT2D eigenvalue weighted by atomic mass is 79.9. The molecule has 3 fully saturated rings. The van der Waals surface area contributed by atoms with Crippen LogP contribution in [0.25, 0.3) is 10.6 Å². The van der Waals surface area contributed by atoms with Crippen LogP contribution in [0.15, 0.2) is 28.2 Å². The van der Waals surface area contributed by atoms with Crippen molar-refractivity contribution < 1.29 is 14.7 Å². The Labute approximate surface area is 267 Å². The standard InChI is InChI=1S/C29H34BrClN6O3S2/c30-20-15-23(41-17-20)24-27(37-12-10-35(11-13-37)21-4-2-1-3-5-21)42-29(33-24)34-26(38)19-14-22(31)25(32-16-19)36-8-6-18(7-9-36)28(39)40/h14-18,21H,1-13H2,(H,39,40)(H,33,34,38). The fourth-order valence-corrected chi connectivity index (χ4v) is 9.00. The minimum Gasteiger partial charge on any atom is -0.481 e. The number of pyridine rings is 1. The fourth-order valence-electron chi connectivity index (χ4n) is 6.21. The van der Waals surface area contributed by atoms with E-state index < -0.39 is 5.97 Å². The van der Waals surface area contributed by atoms with Gasteiger partial charge in [-0.1, -0.05) is 42.2 Å². The molecule has 2 N–H and O–H groups in total. The average Bonchev–Trinajstić information content (AvgIpc) is 3.63. The molecule has 1 aliphatic carbocycles. The fraction of sp³-hybridized carbons (Fsp3) is 0.517. The molecule has 3 aromatic rings. The van der Waals surface area contributed by atoms with Crippen LogP contribution in [0.3, 0.4) is 0 Å². The molecule has 6 rings (SSSR count). The molecule has 13 heteroatoms. The molecule has 0 bridgehead atoms. The van der Waals surface area contributed by atoms with E-state index in [2.05, 4.69) is 47.5 Å². The number of carbonyl (C=O) groups excluding carboxylic acids is 1. The predicted molar refractivity (Wildman–Crippen MR) is 174 cm³/mol. The van der Waals surface area contributed by atoms with Gasteiger partial charge in [0.25, 0.3) is 5.91 Å². The van der Waals surface area contributed by atoms with Crippen molar-refractivity contribution in [2.45, 2.75) is 51.0 Å². The largest absolute Gasteiger partial charge is 0.481 e. The van der Waals surface area contributed by atoms with Gasteiger partial charge in [0.05, 0.1) is 21.4 Å². The van der Waals surface area contributed by atoms with Gasteiger partial charge in [-0.25, -0.2) is 9.97 Å². The van der Waals surface area contributed by atoms with E-state index in [9.17, 15) is 14.7 Å². The number of carboxylic acid groups (broad SMARTS) is 1. The highest BCUT2D eigenvalue weighted by molar-refractivity contribution is 9.10. The predicted octanol–water partition coefficient (Wildman–Crippen LogP) is 6.69. The van der Waals surface area contributed by atoms with Crippen LogP contribution in [-0.4, -0.2) is 77.2 Å². The lowest BCUT2D eigenvalue weighted by atomic mass is 9.94. The molecular weight excluding hydrogens is 660 g/mol. The molecule has 0 aromatic carbocycles. The molecule has 2 saturated heterocycles. The SMILES string of the molecule is O=C(Nc1nc(-c2cc(Br)cs2)c(N2CCN(C3CCCCC3)CC2)s1)c1cnc(N2CCC(C(=O)O)CC2)c(Cl)c1. The first-order chi connectivity index (χ1) is 20.4. The third kappa shape index (κ3) is 6.62. The molecular formula is C29H34BrClN6O3S2. The van der Waals surface area contributed by atoms with Gasteiger partial charge in [0.15, 0.2) is 5.13 Å². The number of halogens is 2. The van der Waals surface area contributed by atoms with Crippen molar-refractivity contribution in [1.82, 2.24) is 14.9 Å². The van der Waals surface area contributed by atoms with Gasteiger partial charge in [0, 0.05) is 61.4 Å². The minimum absolute atomic E-state index is 0.318. The number of piperazine rings is 1. The van der Waals surface area contributed by atoms with Gasteiger partial charge >= 0.3 is 5.97 Å². The molecule has 0 unspecified atom stereocenters. The number of anilines is 3. The number of nitrogens with one attached hydrogen (secondary N) is 1. The van der Waals surface area contributed by atoms with Gasteiger partial charge in [0.1, 0.15) is 16.5 Å². The quantitative estimate of drug-likeness (QED) is 0.282. The number of aliphatic carboxylic acids is 1. The normalized spacial score (nSPS) is 19.3. The first kappa shape index (κ1) is 29.8. The number of carboxylic acids is 1. The lowest BCUT2D eigenvalue weighted by molar-refractivity contribution is -0.142. The van der Waals surface area contributed by atoms with E-state index >= 15 is 0 Å². The Morgan fingerprint density at radius 2 is 1.74 bits per heavy atom. The number of rotatable bonds is 7. The second-order valence-corrected chi connectivity index (χ2v) is 14.4. The Morgan fingerprint density at radius 1 is 1.00 bits per heavy atom. The lowest BCUT2D eigenvalue weighted by Gasteiger charge is -2.41. The van der Waals surface area contributed by atoms with Crippen LogP contribution in [0, 0.1) is 5.92 Å². The van der Waals surface area contributed by atoms with Crippen molar-refractivity contribution in [2.24, 2.45) is 5.92 Å². The van der Waals surface area contributed by atoms with Gasteiger partial charge in [-0.05, 0) is 53.7 Å². The van der Waals surface area contributed by atoms with Gasteiger partial charge in [-0.15, -0.1) is 11.3 Å². The number of thiophene rings is 1. The average molecular weight is 694 g/mol. The number of thiazole rings is 1. The molecule has 1 saturated carbocycles. The number of carbonyl (C=O) groups is 2. The Balaban J connectivity index is 1.16. The zero-order chi connectivity index (χ0) is 29.2. The van der Waals surface area contributed by atoms with Crippen molar-refractivity contribution in [3.63, 3.8) is 0 Å². The lowest BCUT2D eigenvalue weighted by Crippen LogP contribution is -2.50. The maximum atomic E-state index is 13.3. The zero-order valence-corrected chi connectivity index (χ0v) is 27.2. The van der Waals surface area contributed by atoms with Gasteiger partial charge in [0.2, 0.25) is 0 Å². The summed E-state index contributed by atoms with van der Waals surface area (Å²) in [6.45, 7) is 5.10. The summed E-state index contributed by atoms with van der Waals surface area (Å²) in [6.07, 6.45) is 9.29. The molecule has 5 heterocycles. The minimum atomic E-state index is -0.761. The monoisotopic (exact) mass is 692 g/mol. The second-order valence-electron chi connectivity index (χ2n) is 11.2. The molecule has 9 nitrogen and oxygen atoms in total. The molecule has 1 amide bonds. The maximum absolute atomic E-state index is 13.3. The number of piperidine rings is 1. The number of amides is 1. The number of aromatic nitrogens is 2. The smallest absolute Gasteiger partial charge is 0.306 e. The summed E-state index contributed by atoms with van der Waals surface area (Å²) in [5.41, 5.74) is 1.25. The molecule has 42 heavy (non-hydrogen) atoms. The van der Waals surface area contributed by atoms with Crippen LogP contribution < -0.4 is 15.1 Å². The van der Waals surface area contributed by atoms with Gasteiger partial charge in [-0.2, -0.15) is 0 Å². The summed E-state index contributed by atoms with van der Waals surface area (Å²) < 4.78 is 1.02. The number of hydrogen-bond donors (Lipinski definition) is 2. The van der Waals surface area contributed by atoms with E-state index in [0.29, 0.717) is 53.5 Å². The van der Waals surface area contributed by atoms with Crippen LogP contribution >= 0.6 is 50.2 Å². The second kappa shape index (κ2) is 13.2. The van der Waals surface area contributed by atoms with Crippen LogP contribution in [0.2, 0.25) is 5.02 Å². The summed E-state index contributed by atoms with van der Waals surface area (Å²) in [5, 5.41) is 16.3. The summed E-state index contributed by atoms with van der Waals surface area (Å²) >= 11 is 13.3. The highest BCUT2D eigenvalue weighted by Crippen LogP contribution is 2.42.